The number of aryl methyl sites for hydroxylation is 2. The molecule has 0 unspecified atom stereocenters. The minimum absolute atomic E-state index is 0.0109. The lowest BCUT2D eigenvalue weighted by Crippen LogP contribution is -2.21. The highest BCUT2D eigenvalue weighted by Crippen LogP contribution is 2.14. The van der Waals surface area contributed by atoms with E-state index in [-0.39, 0.29) is 11.1 Å². The molecule has 1 amide bonds. The fraction of sp³-hybridized carbons (Fsp3) is 0.250. The molecule has 110 valence electrons. The van der Waals surface area contributed by atoms with Gasteiger partial charge in [0, 0.05) is 18.8 Å². The summed E-state index contributed by atoms with van der Waals surface area (Å²) in [6.07, 6.45) is 2.38. The van der Waals surface area contributed by atoms with Crippen LogP contribution in [0.4, 0.5) is 10.1 Å². The second-order valence-corrected chi connectivity index (χ2v) is 4.84. The first kappa shape index (κ1) is 15.0. The predicted molar refractivity (Wildman–Crippen MR) is 80.1 cm³/mol. The molecule has 4 nitrogen and oxygen atoms in total. The van der Waals surface area contributed by atoms with Crippen molar-refractivity contribution in [3.8, 4) is 0 Å². The van der Waals surface area contributed by atoms with Gasteiger partial charge in [0.1, 0.15) is 5.82 Å². The maximum absolute atomic E-state index is 13.9. The van der Waals surface area contributed by atoms with E-state index >= 15 is 0 Å². The molecule has 1 aromatic carbocycles. The number of amides is 1. The summed E-state index contributed by atoms with van der Waals surface area (Å²) in [4.78, 5) is 23.7. The quantitative estimate of drug-likeness (QED) is 0.940. The van der Waals surface area contributed by atoms with Crippen molar-refractivity contribution in [3.05, 3.63) is 63.8 Å². The van der Waals surface area contributed by atoms with Gasteiger partial charge >= 0.3 is 0 Å². The van der Waals surface area contributed by atoms with Crippen LogP contribution < -0.4 is 10.9 Å². The summed E-state index contributed by atoms with van der Waals surface area (Å²) in [5, 5.41) is 2.61. The first-order valence-electron chi connectivity index (χ1n) is 6.80. The highest BCUT2D eigenvalue weighted by Gasteiger charge is 2.13. The first-order chi connectivity index (χ1) is 10.0. The second-order valence-electron chi connectivity index (χ2n) is 4.84. The summed E-state index contributed by atoms with van der Waals surface area (Å²) in [6, 6.07) is 7.57. The molecule has 5 heteroatoms. The van der Waals surface area contributed by atoms with E-state index in [1.165, 1.54) is 22.8 Å². The summed E-state index contributed by atoms with van der Waals surface area (Å²) >= 11 is 0. The molecule has 1 aromatic heterocycles. The molecule has 0 aliphatic rings. The molecule has 0 aliphatic heterocycles. The SMILES string of the molecule is CCCn1cc(NC(=O)c2cccc(C)c2F)ccc1=O. The van der Waals surface area contributed by atoms with Gasteiger partial charge in [0.2, 0.25) is 0 Å². The van der Waals surface area contributed by atoms with Gasteiger partial charge in [-0.3, -0.25) is 9.59 Å². The third-order valence-corrected chi connectivity index (χ3v) is 3.14. The van der Waals surface area contributed by atoms with Crippen molar-refractivity contribution in [1.82, 2.24) is 4.57 Å². The number of hydrogen-bond donors (Lipinski definition) is 1. The molecule has 0 aliphatic carbocycles. The number of hydrogen-bond acceptors (Lipinski definition) is 2. The van der Waals surface area contributed by atoms with Crippen LogP contribution in [0.1, 0.15) is 29.3 Å². The zero-order valence-corrected chi connectivity index (χ0v) is 12.0. The van der Waals surface area contributed by atoms with Gasteiger partial charge in [0.25, 0.3) is 11.5 Å². The number of carbonyl (C=O) groups excluding carboxylic acids is 1. The Morgan fingerprint density at radius 2 is 2.05 bits per heavy atom. The molecule has 2 aromatic rings. The van der Waals surface area contributed by atoms with Crippen LogP contribution in [0.25, 0.3) is 0 Å². The molecule has 0 fully saturated rings. The number of benzene rings is 1. The Hall–Kier alpha value is -2.43. The summed E-state index contributed by atoms with van der Waals surface area (Å²) in [5.41, 5.74) is 0.743. The Morgan fingerprint density at radius 3 is 2.76 bits per heavy atom. The largest absolute Gasteiger partial charge is 0.321 e. The average molecular weight is 288 g/mol. The minimum Gasteiger partial charge on any atom is -0.321 e. The number of carbonyl (C=O) groups is 1. The lowest BCUT2D eigenvalue weighted by molar-refractivity contribution is 0.102. The highest BCUT2D eigenvalue weighted by molar-refractivity contribution is 6.04. The van der Waals surface area contributed by atoms with Crippen molar-refractivity contribution < 1.29 is 9.18 Å². The molecule has 0 spiro atoms. The Morgan fingerprint density at radius 1 is 1.29 bits per heavy atom. The maximum atomic E-state index is 13.9. The lowest BCUT2D eigenvalue weighted by atomic mass is 10.1. The molecule has 0 bridgehead atoms. The smallest absolute Gasteiger partial charge is 0.258 e. The Bertz CT molecular complexity index is 722. The lowest BCUT2D eigenvalue weighted by Gasteiger charge is -2.10. The van der Waals surface area contributed by atoms with E-state index in [4.69, 9.17) is 0 Å². The number of halogens is 1. The number of anilines is 1. The minimum atomic E-state index is -0.531. The first-order valence-corrected chi connectivity index (χ1v) is 6.80. The van der Waals surface area contributed by atoms with Crippen molar-refractivity contribution in [3.63, 3.8) is 0 Å². The van der Waals surface area contributed by atoms with Gasteiger partial charge in [0.15, 0.2) is 0 Å². The summed E-state index contributed by atoms with van der Waals surface area (Å²) < 4.78 is 15.4. The molecule has 1 N–H and O–H groups in total. The number of nitrogens with zero attached hydrogens (tertiary/aromatic N) is 1. The van der Waals surface area contributed by atoms with Crippen LogP contribution in [0.3, 0.4) is 0 Å². The van der Waals surface area contributed by atoms with Gasteiger partial charge in [-0.15, -0.1) is 0 Å². The van der Waals surface area contributed by atoms with Crippen molar-refractivity contribution in [2.75, 3.05) is 5.32 Å². The molecular formula is C16H17FN2O2. The van der Waals surface area contributed by atoms with Crippen LogP contribution in [0.5, 0.6) is 0 Å². The zero-order valence-electron chi connectivity index (χ0n) is 12.0. The Labute approximate surface area is 122 Å². The van der Waals surface area contributed by atoms with Gasteiger partial charge in [-0.1, -0.05) is 19.1 Å². The van der Waals surface area contributed by atoms with Crippen LogP contribution in [-0.2, 0) is 6.54 Å². The molecule has 0 radical (unpaired) electrons. The van der Waals surface area contributed by atoms with E-state index in [9.17, 15) is 14.0 Å². The zero-order chi connectivity index (χ0) is 15.4. The van der Waals surface area contributed by atoms with Crippen LogP contribution in [0.15, 0.2) is 41.3 Å². The molecule has 0 saturated carbocycles. The molecule has 21 heavy (non-hydrogen) atoms. The topological polar surface area (TPSA) is 51.1 Å². The maximum Gasteiger partial charge on any atom is 0.258 e. The Kier molecular flexibility index (Phi) is 4.52. The average Bonchev–Trinajstić information content (AvgIpc) is 2.45. The summed E-state index contributed by atoms with van der Waals surface area (Å²) in [5.74, 6) is -1.06. The van der Waals surface area contributed by atoms with Crippen LogP contribution in [0, 0.1) is 12.7 Å². The predicted octanol–water partition coefficient (Wildman–Crippen LogP) is 2.96. The highest BCUT2D eigenvalue weighted by atomic mass is 19.1. The second kappa shape index (κ2) is 6.35. The van der Waals surface area contributed by atoms with E-state index in [1.807, 2.05) is 6.92 Å². The van der Waals surface area contributed by atoms with E-state index in [0.717, 1.165) is 6.42 Å². The van der Waals surface area contributed by atoms with Crippen LogP contribution in [-0.4, -0.2) is 10.5 Å². The third-order valence-electron chi connectivity index (χ3n) is 3.14. The number of rotatable bonds is 4. The van der Waals surface area contributed by atoms with Crippen molar-refractivity contribution >= 4 is 11.6 Å². The van der Waals surface area contributed by atoms with Gasteiger partial charge in [-0.25, -0.2) is 4.39 Å². The van der Waals surface area contributed by atoms with E-state index < -0.39 is 11.7 Å². The monoisotopic (exact) mass is 288 g/mol. The van der Waals surface area contributed by atoms with Crippen LogP contribution >= 0.6 is 0 Å². The van der Waals surface area contributed by atoms with Crippen molar-refractivity contribution in [2.45, 2.75) is 26.8 Å². The molecule has 2 rings (SSSR count). The standard InChI is InChI=1S/C16H17FN2O2/c1-3-9-19-10-12(7-8-14(19)20)18-16(21)13-6-4-5-11(2)15(13)17/h4-8,10H,3,9H2,1-2H3,(H,18,21). The van der Waals surface area contributed by atoms with Gasteiger partial charge in [0.05, 0.1) is 11.3 Å². The number of pyridine rings is 1. The van der Waals surface area contributed by atoms with Gasteiger partial charge in [-0.05, 0) is 31.0 Å². The van der Waals surface area contributed by atoms with Gasteiger partial charge in [-0.2, -0.15) is 0 Å². The van der Waals surface area contributed by atoms with Crippen LogP contribution in [0.2, 0.25) is 0 Å². The summed E-state index contributed by atoms with van der Waals surface area (Å²) in [7, 11) is 0. The fourth-order valence-corrected chi connectivity index (χ4v) is 2.04. The van der Waals surface area contributed by atoms with Crippen molar-refractivity contribution in [2.24, 2.45) is 0 Å². The number of nitrogens with one attached hydrogen (secondary N) is 1. The van der Waals surface area contributed by atoms with E-state index in [2.05, 4.69) is 5.32 Å². The Balaban J connectivity index is 2.25. The number of aromatic nitrogens is 1. The third kappa shape index (κ3) is 3.37. The molecule has 0 saturated heterocycles. The molecule has 1 heterocycles. The van der Waals surface area contributed by atoms with E-state index in [1.54, 1.807) is 25.3 Å². The molecule has 0 atom stereocenters. The van der Waals surface area contributed by atoms with E-state index in [0.29, 0.717) is 17.8 Å². The fourth-order valence-electron chi connectivity index (χ4n) is 2.04. The summed E-state index contributed by atoms with van der Waals surface area (Å²) in [6.45, 7) is 4.13. The van der Waals surface area contributed by atoms with Gasteiger partial charge < -0.3 is 9.88 Å². The van der Waals surface area contributed by atoms with Crippen molar-refractivity contribution in [1.29, 1.82) is 0 Å². The normalized spacial score (nSPS) is 10.4. The molecular weight excluding hydrogens is 271 g/mol.